The molecule has 0 aliphatic heterocycles. The summed E-state index contributed by atoms with van der Waals surface area (Å²) in [6.45, 7) is 10.0. The molecule has 78 valence electrons. The van der Waals surface area contributed by atoms with Crippen LogP contribution in [0, 0.1) is 17.3 Å². The molecular formula is C12H18O2. The third-order valence-corrected chi connectivity index (χ3v) is 4.00. The largest absolute Gasteiger partial charge is 0.458 e. The van der Waals surface area contributed by atoms with Crippen LogP contribution in [0.15, 0.2) is 12.2 Å². The predicted octanol–water partition coefficient (Wildman–Crippen LogP) is 2.54. The van der Waals surface area contributed by atoms with Gasteiger partial charge in [0.1, 0.15) is 6.10 Å². The lowest BCUT2D eigenvalue weighted by atomic mass is 9.89. The maximum Gasteiger partial charge on any atom is 0.303 e. The van der Waals surface area contributed by atoms with Crippen LogP contribution in [-0.4, -0.2) is 12.1 Å². The summed E-state index contributed by atoms with van der Waals surface area (Å²) >= 11 is 0. The Bertz CT molecular complexity index is 293. The van der Waals surface area contributed by atoms with Crippen molar-refractivity contribution in [2.45, 2.75) is 39.7 Å². The Labute approximate surface area is 85.3 Å². The van der Waals surface area contributed by atoms with Crippen LogP contribution < -0.4 is 0 Å². The van der Waals surface area contributed by atoms with Gasteiger partial charge in [0.15, 0.2) is 0 Å². The van der Waals surface area contributed by atoms with Crippen LogP contribution in [0.1, 0.15) is 33.6 Å². The van der Waals surface area contributed by atoms with Crippen molar-refractivity contribution < 1.29 is 9.53 Å². The Kier molecular flexibility index (Phi) is 1.98. The maximum absolute atomic E-state index is 10.9. The number of esters is 1. The van der Waals surface area contributed by atoms with Gasteiger partial charge in [0.05, 0.1) is 0 Å². The zero-order valence-electron chi connectivity index (χ0n) is 9.17. The van der Waals surface area contributed by atoms with Crippen LogP contribution in [-0.2, 0) is 9.53 Å². The number of carbonyl (C=O) groups excluding carboxylic acids is 1. The fourth-order valence-electron chi connectivity index (χ4n) is 2.94. The van der Waals surface area contributed by atoms with Crippen molar-refractivity contribution in [3.05, 3.63) is 12.2 Å². The van der Waals surface area contributed by atoms with Gasteiger partial charge in [0.2, 0.25) is 0 Å². The van der Waals surface area contributed by atoms with E-state index in [-0.39, 0.29) is 12.1 Å². The number of fused-ring (bicyclic) bond motifs is 1. The van der Waals surface area contributed by atoms with Crippen LogP contribution in [0.3, 0.4) is 0 Å². The molecule has 0 aromatic heterocycles. The van der Waals surface area contributed by atoms with E-state index in [1.807, 2.05) is 0 Å². The Hall–Kier alpha value is -0.790. The lowest BCUT2D eigenvalue weighted by Gasteiger charge is -2.19. The lowest BCUT2D eigenvalue weighted by Crippen LogP contribution is -2.19. The Balaban J connectivity index is 2.07. The molecule has 14 heavy (non-hydrogen) atoms. The fraction of sp³-hybridized carbons (Fsp3) is 0.750. The van der Waals surface area contributed by atoms with E-state index in [9.17, 15) is 4.79 Å². The van der Waals surface area contributed by atoms with Crippen molar-refractivity contribution in [1.82, 2.24) is 0 Å². The molecule has 3 atom stereocenters. The molecule has 0 aromatic rings. The standard InChI is InChI=1S/C12H18O2/c1-7(2)12-5-10(12)8(3)11(6-12)14-9(4)13/h7,10-11H,3,5-6H2,1-2,4H3. The molecule has 2 aliphatic carbocycles. The molecule has 2 saturated carbocycles. The highest BCUT2D eigenvalue weighted by Crippen LogP contribution is 2.69. The van der Waals surface area contributed by atoms with Gasteiger partial charge in [-0.25, -0.2) is 0 Å². The van der Waals surface area contributed by atoms with Gasteiger partial charge in [-0.1, -0.05) is 20.4 Å². The summed E-state index contributed by atoms with van der Waals surface area (Å²) < 4.78 is 5.26. The molecule has 0 heterocycles. The van der Waals surface area contributed by atoms with Gasteiger partial charge >= 0.3 is 5.97 Å². The summed E-state index contributed by atoms with van der Waals surface area (Å²) in [5, 5.41) is 0. The summed E-state index contributed by atoms with van der Waals surface area (Å²) in [4.78, 5) is 10.9. The molecule has 2 nitrogen and oxygen atoms in total. The first-order valence-electron chi connectivity index (χ1n) is 5.33. The minimum Gasteiger partial charge on any atom is -0.458 e. The summed E-state index contributed by atoms with van der Waals surface area (Å²) in [5.74, 6) is 1.10. The molecule has 2 aliphatic rings. The smallest absolute Gasteiger partial charge is 0.303 e. The highest BCUT2D eigenvalue weighted by atomic mass is 16.5. The van der Waals surface area contributed by atoms with E-state index in [1.165, 1.54) is 13.3 Å². The molecular weight excluding hydrogens is 176 g/mol. The van der Waals surface area contributed by atoms with Gasteiger partial charge in [-0.15, -0.1) is 0 Å². The van der Waals surface area contributed by atoms with E-state index >= 15 is 0 Å². The van der Waals surface area contributed by atoms with Gasteiger partial charge in [0, 0.05) is 6.92 Å². The lowest BCUT2D eigenvalue weighted by molar-refractivity contribution is -0.144. The monoisotopic (exact) mass is 194 g/mol. The van der Waals surface area contributed by atoms with Crippen LogP contribution in [0.4, 0.5) is 0 Å². The molecule has 0 saturated heterocycles. The SMILES string of the molecule is C=C1C(OC(C)=O)CC2(C(C)C)CC12. The Morgan fingerprint density at radius 2 is 2.21 bits per heavy atom. The van der Waals surface area contributed by atoms with E-state index in [1.54, 1.807) is 0 Å². The minimum absolute atomic E-state index is 0.00588. The van der Waals surface area contributed by atoms with Gasteiger partial charge in [0.25, 0.3) is 0 Å². The van der Waals surface area contributed by atoms with E-state index in [4.69, 9.17) is 4.74 Å². The molecule has 0 spiro atoms. The molecule has 0 aromatic carbocycles. The van der Waals surface area contributed by atoms with Crippen LogP contribution >= 0.6 is 0 Å². The molecule has 0 bridgehead atoms. The van der Waals surface area contributed by atoms with Crippen LogP contribution in [0.2, 0.25) is 0 Å². The Morgan fingerprint density at radius 3 is 2.64 bits per heavy atom. The second-order valence-corrected chi connectivity index (χ2v) is 5.02. The summed E-state index contributed by atoms with van der Waals surface area (Å²) in [6, 6.07) is 0. The van der Waals surface area contributed by atoms with E-state index in [0.29, 0.717) is 17.3 Å². The van der Waals surface area contributed by atoms with E-state index in [0.717, 1.165) is 12.0 Å². The van der Waals surface area contributed by atoms with E-state index in [2.05, 4.69) is 20.4 Å². The number of hydrogen-bond donors (Lipinski definition) is 0. The highest BCUT2D eigenvalue weighted by molar-refractivity contribution is 5.66. The molecule has 0 N–H and O–H groups in total. The van der Waals surface area contributed by atoms with Crippen molar-refractivity contribution in [1.29, 1.82) is 0 Å². The molecule has 2 fully saturated rings. The zero-order chi connectivity index (χ0) is 10.5. The van der Waals surface area contributed by atoms with Crippen molar-refractivity contribution in [2.75, 3.05) is 0 Å². The third-order valence-electron chi connectivity index (χ3n) is 4.00. The van der Waals surface area contributed by atoms with Crippen molar-refractivity contribution in [3.63, 3.8) is 0 Å². The predicted molar refractivity (Wildman–Crippen MR) is 54.7 cm³/mol. The number of carbonyl (C=O) groups is 1. The fourth-order valence-corrected chi connectivity index (χ4v) is 2.94. The van der Waals surface area contributed by atoms with Gasteiger partial charge in [-0.3, -0.25) is 4.79 Å². The molecule has 2 rings (SSSR count). The number of rotatable bonds is 2. The maximum atomic E-state index is 10.9. The normalized spacial score (nSPS) is 39.9. The van der Waals surface area contributed by atoms with Gasteiger partial charge in [-0.2, -0.15) is 0 Å². The second-order valence-electron chi connectivity index (χ2n) is 5.02. The summed E-state index contributed by atoms with van der Waals surface area (Å²) in [6.07, 6.45) is 2.24. The first kappa shape index (κ1) is 9.75. The molecule has 0 amide bonds. The Morgan fingerprint density at radius 1 is 1.57 bits per heavy atom. The van der Waals surface area contributed by atoms with Crippen LogP contribution in [0.25, 0.3) is 0 Å². The first-order chi connectivity index (χ1) is 6.47. The van der Waals surface area contributed by atoms with Gasteiger partial charge < -0.3 is 4.74 Å². The van der Waals surface area contributed by atoms with Gasteiger partial charge in [-0.05, 0) is 35.7 Å². The quantitative estimate of drug-likeness (QED) is 0.499. The topological polar surface area (TPSA) is 26.3 Å². The average molecular weight is 194 g/mol. The van der Waals surface area contributed by atoms with Crippen LogP contribution in [0.5, 0.6) is 0 Å². The summed E-state index contributed by atoms with van der Waals surface area (Å²) in [7, 11) is 0. The number of hydrogen-bond acceptors (Lipinski definition) is 2. The first-order valence-corrected chi connectivity index (χ1v) is 5.33. The van der Waals surface area contributed by atoms with E-state index < -0.39 is 0 Å². The molecule has 2 heteroatoms. The van der Waals surface area contributed by atoms with Crippen molar-refractivity contribution >= 4 is 5.97 Å². The third kappa shape index (κ3) is 1.20. The molecule has 0 radical (unpaired) electrons. The van der Waals surface area contributed by atoms with Crippen molar-refractivity contribution in [3.8, 4) is 0 Å². The summed E-state index contributed by atoms with van der Waals surface area (Å²) in [5.41, 5.74) is 1.56. The van der Waals surface area contributed by atoms with Crippen molar-refractivity contribution in [2.24, 2.45) is 17.3 Å². The second kappa shape index (κ2) is 2.85. The average Bonchev–Trinajstić information content (AvgIpc) is 2.71. The molecule has 3 unspecified atom stereocenters. The zero-order valence-corrected chi connectivity index (χ0v) is 9.17. The minimum atomic E-state index is -0.184. The number of ether oxygens (including phenoxy) is 1. The highest BCUT2D eigenvalue weighted by Gasteiger charge is 2.64.